The molecule has 15 heavy (non-hydrogen) atoms. The molecule has 0 aromatic carbocycles. The Balaban J connectivity index is 3.86. The molecule has 1 atom stereocenters. The largest absolute Gasteiger partial charge is 0.284 e. The molecule has 0 aromatic rings. The zero-order valence-electron chi connectivity index (χ0n) is 6.21. The first-order chi connectivity index (χ1) is 6.05. The maximum absolute atomic E-state index is 12.2. The van der Waals surface area contributed by atoms with E-state index >= 15 is 0 Å². The molecule has 0 bridgehead atoms. The van der Waals surface area contributed by atoms with Crippen LogP contribution < -0.4 is 0 Å². The van der Waals surface area contributed by atoms with Gasteiger partial charge in [-0.1, -0.05) is 0 Å². The minimum absolute atomic E-state index is 3.78. The summed E-state index contributed by atoms with van der Waals surface area (Å²) in [7, 11) is -21.7. The van der Waals surface area contributed by atoms with Gasteiger partial charge in [0, 0.05) is 0 Å². The lowest BCUT2D eigenvalue weighted by Gasteiger charge is -2.60. The molecule has 0 spiro atoms. The number of hydrogen-bond donors (Lipinski definition) is 1. The van der Waals surface area contributed by atoms with Crippen LogP contribution in [-0.2, 0) is 0 Å². The van der Waals surface area contributed by atoms with Gasteiger partial charge in [0.1, 0.15) is 0 Å². The van der Waals surface area contributed by atoms with Crippen molar-refractivity contribution in [3.8, 4) is 0 Å². The van der Waals surface area contributed by atoms with Crippen molar-refractivity contribution in [3.05, 3.63) is 11.0 Å². The summed E-state index contributed by atoms with van der Waals surface area (Å²) in [5, 5.41) is -4.60. The van der Waals surface area contributed by atoms with Crippen molar-refractivity contribution < 1.29 is 40.4 Å². The number of hydrogen-bond acceptors (Lipinski definition) is 0. The normalized spacial score (nSPS) is 46.5. The van der Waals surface area contributed by atoms with Crippen LogP contribution in [0.5, 0.6) is 0 Å². The number of rotatable bonds is 0. The average molecular weight is 292 g/mol. The quantitative estimate of drug-likeness (QED) is 0.342. The molecule has 0 saturated heterocycles. The molecule has 0 nitrogen and oxygen atoms in total. The second-order valence-electron chi connectivity index (χ2n) is 2.78. The molecule has 1 heterocycles. The number of alkyl halides is 1. The van der Waals surface area contributed by atoms with Gasteiger partial charge in [-0.15, -0.1) is 27.2 Å². The van der Waals surface area contributed by atoms with E-state index in [9.17, 15) is 40.4 Å². The highest BCUT2D eigenvalue weighted by Crippen LogP contribution is 3.30. The van der Waals surface area contributed by atoms with E-state index in [4.69, 9.17) is 0 Å². The zero-order chi connectivity index (χ0) is 12.6. The lowest BCUT2D eigenvalue weighted by Crippen LogP contribution is -2.24. The van der Waals surface area contributed by atoms with Crippen molar-refractivity contribution in [2.24, 2.45) is 0 Å². The molecule has 1 aliphatic heterocycles. The van der Waals surface area contributed by atoms with Crippen LogP contribution in [0.15, 0.2) is 11.0 Å². The van der Waals surface area contributed by atoms with E-state index in [2.05, 4.69) is 0 Å². The average Bonchev–Trinajstić information content (AvgIpc) is 1.99. The summed E-state index contributed by atoms with van der Waals surface area (Å²) in [6.45, 7) is 0. The monoisotopic (exact) mass is 292 g/mol. The van der Waals surface area contributed by atoms with Crippen molar-refractivity contribution in [2.75, 3.05) is 0 Å². The van der Waals surface area contributed by atoms with Gasteiger partial charge in [0.25, 0.3) is 19.5 Å². The molecule has 1 aliphatic rings. The van der Waals surface area contributed by atoms with Crippen LogP contribution in [0.3, 0.4) is 0 Å². The van der Waals surface area contributed by atoms with E-state index in [1.54, 1.807) is 0 Å². The molecule has 12 heteroatoms. The summed E-state index contributed by atoms with van der Waals surface area (Å²) in [5.74, 6) is -3.78. The predicted molar refractivity (Wildman–Crippen MR) is 38.5 cm³/mol. The minimum atomic E-state index is -11.5. The fraction of sp³-hybridized carbons (Fsp3) is 0.333. The van der Waals surface area contributed by atoms with Crippen LogP contribution >= 0.6 is 18.2 Å². The summed E-state index contributed by atoms with van der Waals surface area (Å²) in [4.78, 5) is 0. The van der Waals surface area contributed by atoms with Crippen LogP contribution in [0.2, 0.25) is 0 Å². The Hall–Kier alpha value is -0.260. The molecular formula is C3H2F10S2. The van der Waals surface area contributed by atoms with Gasteiger partial charge < -0.3 is 0 Å². The van der Waals surface area contributed by atoms with Crippen LogP contribution in [0, 0.1) is 0 Å². The second kappa shape index (κ2) is 1.96. The summed E-state index contributed by atoms with van der Waals surface area (Å²) < 4.78 is 121. The lowest BCUT2D eigenvalue weighted by atomic mass is 10.6. The van der Waals surface area contributed by atoms with Gasteiger partial charge in [-0.05, 0) is 0 Å². The van der Waals surface area contributed by atoms with Gasteiger partial charge >= 0.3 is 0 Å². The highest BCUT2D eigenvalue weighted by molar-refractivity contribution is 9.20. The van der Waals surface area contributed by atoms with Gasteiger partial charge in [0.05, 0.1) is 0 Å². The van der Waals surface area contributed by atoms with Crippen molar-refractivity contribution in [1.29, 1.82) is 0 Å². The summed E-state index contributed by atoms with van der Waals surface area (Å²) in [5.41, 5.74) is -5.25. The molecule has 0 fully saturated rings. The lowest BCUT2D eigenvalue weighted by molar-refractivity contribution is 0.375. The molecule has 1 rings (SSSR count). The van der Waals surface area contributed by atoms with Crippen molar-refractivity contribution in [3.63, 3.8) is 0 Å². The Morgan fingerprint density at radius 3 is 1.33 bits per heavy atom. The Morgan fingerprint density at radius 1 is 0.933 bits per heavy atom. The number of halogens is 10. The van der Waals surface area contributed by atoms with E-state index in [1.807, 2.05) is 0 Å². The molecule has 0 N–H and O–H groups in total. The molecule has 96 valence electrons. The molecular weight excluding hydrogens is 290 g/mol. The van der Waals surface area contributed by atoms with Crippen molar-refractivity contribution in [1.82, 2.24) is 0 Å². The fourth-order valence-corrected chi connectivity index (χ4v) is 4.94. The van der Waals surface area contributed by atoms with E-state index in [-0.39, 0.29) is 0 Å². The molecule has 0 amide bonds. The number of thiol groups is 1. The van der Waals surface area contributed by atoms with E-state index < -0.39 is 34.7 Å². The first-order valence-corrected chi connectivity index (χ1v) is 7.54. The predicted octanol–water partition coefficient (Wildman–Crippen LogP) is 5.46. The summed E-state index contributed by atoms with van der Waals surface area (Å²) in [6.07, 6.45) is 0. The summed E-state index contributed by atoms with van der Waals surface area (Å²) >= 11 is 0. The minimum Gasteiger partial charge on any atom is -0.222 e. The smallest absolute Gasteiger partial charge is 0.222 e. The van der Waals surface area contributed by atoms with Gasteiger partial charge in [0.2, 0.25) is 0 Å². The van der Waals surface area contributed by atoms with Gasteiger partial charge in [-0.2, -0.15) is 4.39 Å². The first-order valence-electron chi connectivity index (χ1n) is 2.90. The van der Waals surface area contributed by atoms with Crippen LogP contribution in [-0.4, -0.2) is 5.50 Å². The van der Waals surface area contributed by atoms with Crippen LogP contribution in [0.1, 0.15) is 0 Å². The Morgan fingerprint density at radius 2 is 1.27 bits per heavy atom. The molecule has 0 radical (unpaired) electrons. The SMILES string of the molecule is FC1=C(F)S(F)(F)(F)(F)[SH](F)(F)(F)C1F. The third-order valence-electron chi connectivity index (χ3n) is 1.73. The second-order valence-corrected chi connectivity index (χ2v) is 11.3. The highest BCUT2D eigenvalue weighted by Gasteiger charge is 2.96. The molecule has 0 saturated carbocycles. The first kappa shape index (κ1) is 12.8. The van der Waals surface area contributed by atoms with Crippen LogP contribution in [0.25, 0.3) is 0 Å². The van der Waals surface area contributed by atoms with Crippen LogP contribution in [0.4, 0.5) is 40.4 Å². The standard InChI is InChI=1S/C3H2F10S2/c4-1-2(5)14(7,8,9)15(10,11,12,13)3(1)6/h2,14H. The highest BCUT2D eigenvalue weighted by atomic mass is 33.4. The van der Waals surface area contributed by atoms with Gasteiger partial charge in [-0.3, -0.25) is 0 Å². The van der Waals surface area contributed by atoms with Crippen molar-refractivity contribution >= 4 is 18.2 Å². The Bertz CT molecular complexity index is 377. The maximum Gasteiger partial charge on any atom is 0.284 e. The Kier molecular flexibility index (Phi) is 1.67. The van der Waals surface area contributed by atoms with E-state index in [1.165, 1.54) is 0 Å². The Labute approximate surface area is 75.9 Å². The van der Waals surface area contributed by atoms with Crippen molar-refractivity contribution in [2.45, 2.75) is 5.50 Å². The fourth-order valence-electron chi connectivity index (χ4n) is 0.783. The van der Waals surface area contributed by atoms with E-state index in [0.29, 0.717) is 0 Å². The third-order valence-corrected chi connectivity index (χ3v) is 9.61. The van der Waals surface area contributed by atoms with Gasteiger partial charge in [0.15, 0.2) is 15.2 Å². The third kappa shape index (κ3) is 0.905. The zero-order valence-corrected chi connectivity index (χ0v) is 7.92. The molecule has 0 aliphatic carbocycles. The summed E-state index contributed by atoms with van der Waals surface area (Å²) in [6, 6.07) is 0. The molecule has 0 aromatic heterocycles. The van der Waals surface area contributed by atoms with E-state index in [0.717, 1.165) is 0 Å². The van der Waals surface area contributed by atoms with Gasteiger partial charge in [-0.25, -0.2) is 8.78 Å². The molecule has 1 unspecified atom stereocenters. The maximum atomic E-state index is 12.2. The topological polar surface area (TPSA) is 0 Å².